The van der Waals surface area contributed by atoms with Gasteiger partial charge in [0.1, 0.15) is 17.2 Å². The fraction of sp³-hybridized carbons (Fsp3) is 0.211. The fourth-order valence-corrected chi connectivity index (χ4v) is 1.24. The minimum atomic E-state index is -0.947. The number of hydrogen-bond acceptors (Lipinski definition) is 5. The molecule has 1 aromatic rings. The number of allylic oxidation sites excluding steroid dienone is 2. The van der Waals surface area contributed by atoms with Crippen LogP contribution in [0.3, 0.4) is 0 Å². The van der Waals surface area contributed by atoms with Gasteiger partial charge in [-0.1, -0.05) is 12.1 Å². The third-order valence-corrected chi connectivity index (χ3v) is 2.50. The summed E-state index contributed by atoms with van der Waals surface area (Å²) in [6.45, 7) is 8.69. The first-order valence-corrected chi connectivity index (χ1v) is 7.96. The molecule has 4 N–H and O–H groups in total. The van der Waals surface area contributed by atoms with Crippen LogP contribution in [-0.4, -0.2) is 25.0 Å². The number of nitrogens with zero attached hydrogens (tertiary/aromatic N) is 1. The third kappa shape index (κ3) is 13.1. The molecule has 154 valence electrons. The molecule has 0 atom stereocenters. The zero-order valence-electron chi connectivity index (χ0n) is 16.0. The van der Waals surface area contributed by atoms with E-state index in [0.29, 0.717) is 24.7 Å². The van der Waals surface area contributed by atoms with Gasteiger partial charge in [-0.05, 0) is 38.5 Å². The molecule has 9 heteroatoms. The van der Waals surface area contributed by atoms with E-state index in [-0.39, 0.29) is 5.70 Å². The van der Waals surface area contributed by atoms with Gasteiger partial charge in [-0.25, -0.2) is 13.2 Å². The lowest BCUT2D eigenvalue weighted by atomic mass is 10.2. The average molecular weight is 398 g/mol. The van der Waals surface area contributed by atoms with E-state index in [0.717, 1.165) is 18.3 Å². The summed E-state index contributed by atoms with van der Waals surface area (Å²) in [5, 5.41) is 5.70. The van der Waals surface area contributed by atoms with Crippen molar-refractivity contribution in [3.8, 4) is 0 Å². The first-order chi connectivity index (χ1) is 13.3. The van der Waals surface area contributed by atoms with E-state index in [4.69, 9.17) is 5.73 Å². The summed E-state index contributed by atoms with van der Waals surface area (Å²) < 4.78 is 37.8. The maximum Gasteiger partial charge on any atom is 0.261 e. The molecule has 0 aromatic heterocycles. The zero-order valence-corrected chi connectivity index (χ0v) is 16.0. The molecule has 0 bridgehead atoms. The van der Waals surface area contributed by atoms with Gasteiger partial charge in [0.15, 0.2) is 6.29 Å². The van der Waals surface area contributed by atoms with Gasteiger partial charge in [0.25, 0.3) is 5.91 Å². The molecule has 0 fully saturated rings. The lowest BCUT2D eigenvalue weighted by Gasteiger charge is -2.06. The molecule has 0 heterocycles. The van der Waals surface area contributed by atoms with Gasteiger partial charge >= 0.3 is 0 Å². The van der Waals surface area contributed by atoms with E-state index < -0.39 is 23.1 Å². The van der Waals surface area contributed by atoms with Gasteiger partial charge in [-0.3, -0.25) is 15.0 Å². The van der Waals surface area contributed by atoms with Crippen molar-refractivity contribution in [2.24, 2.45) is 10.8 Å². The number of nitrogens with two attached hydrogens (primary N) is 1. The number of halogens is 3. The van der Waals surface area contributed by atoms with Crippen molar-refractivity contribution in [2.75, 3.05) is 6.54 Å². The van der Waals surface area contributed by atoms with Gasteiger partial charge in [0, 0.05) is 18.4 Å². The molecule has 1 rings (SSSR count). The van der Waals surface area contributed by atoms with E-state index in [1.54, 1.807) is 13.0 Å². The predicted molar refractivity (Wildman–Crippen MR) is 105 cm³/mol. The van der Waals surface area contributed by atoms with Crippen LogP contribution >= 0.6 is 0 Å². The second kappa shape index (κ2) is 17.2. The first kappa shape index (κ1) is 27.0. The van der Waals surface area contributed by atoms with E-state index >= 15 is 0 Å². The quantitative estimate of drug-likeness (QED) is 0.296. The molecule has 0 aliphatic carbocycles. The molecular formula is C19H25F3N4O2. The number of carbonyl (C=O) groups excluding carboxylic acids is 2. The van der Waals surface area contributed by atoms with Gasteiger partial charge in [0.2, 0.25) is 0 Å². The summed E-state index contributed by atoms with van der Waals surface area (Å²) in [4.78, 5) is 21.6. The lowest BCUT2D eigenvalue weighted by Crippen LogP contribution is -2.24. The zero-order chi connectivity index (χ0) is 21.9. The Morgan fingerprint density at radius 2 is 1.82 bits per heavy atom. The van der Waals surface area contributed by atoms with E-state index in [1.807, 2.05) is 6.92 Å². The van der Waals surface area contributed by atoms with Crippen molar-refractivity contribution < 1.29 is 22.8 Å². The molecule has 0 saturated carbocycles. The highest BCUT2D eigenvalue weighted by molar-refractivity contribution is 6.12. The summed E-state index contributed by atoms with van der Waals surface area (Å²) in [7, 11) is 0. The number of amides is 1. The van der Waals surface area contributed by atoms with Crippen LogP contribution in [0.4, 0.5) is 13.2 Å². The standard InChI is InChI=1S/C12H11F2N3O2.C4H8FN.C3H6/c1-8(7-16-15-5-6-18)17-12(19)11-9(13)3-2-4-10(11)14;1-4(2-5)3-6;1-3-2/h2-7,16H,1H3,(H,17,19);2H,3,6H2,1H3;3H,1H2,2H3/b8-7+,15-5+;4-2-;. The SMILES string of the molecule is C/C(=C/F)CN.C/C(=C\N/N=C/C=O)NC(=O)c1c(F)cccc1F.C=CC. The number of benzene rings is 1. The van der Waals surface area contributed by atoms with E-state index in [1.165, 1.54) is 19.2 Å². The van der Waals surface area contributed by atoms with Crippen LogP contribution in [0.15, 0.2) is 59.8 Å². The first-order valence-electron chi connectivity index (χ1n) is 7.96. The van der Waals surface area contributed by atoms with Crippen LogP contribution in [0.25, 0.3) is 0 Å². The van der Waals surface area contributed by atoms with Crippen LogP contribution in [0, 0.1) is 11.6 Å². The highest BCUT2D eigenvalue weighted by atomic mass is 19.1. The molecule has 28 heavy (non-hydrogen) atoms. The Balaban J connectivity index is 0. The van der Waals surface area contributed by atoms with Crippen LogP contribution < -0.4 is 16.5 Å². The van der Waals surface area contributed by atoms with Crippen molar-refractivity contribution in [2.45, 2.75) is 20.8 Å². The summed E-state index contributed by atoms with van der Waals surface area (Å²) in [5.74, 6) is -2.81. The lowest BCUT2D eigenvalue weighted by molar-refractivity contribution is -0.102. The number of rotatable bonds is 6. The molecule has 6 nitrogen and oxygen atoms in total. The largest absolute Gasteiger partial charge is 0.327 e. The Morgan fingerprint density at radius 1 is 1.29 bits per heavy atom. The Labute approximate surface area is 162 Å². The topological polar surface area (TPSA) is 96.6 Å². The van der Waals surface area contributed by atoms with Crippen LogP contribution in [-0.2, 0) is 4.79 Å². The van der Waals surface area contributed by atoms with E-state index in [2.05, 4.69) is 22.4 Å². The molecule has 0 spiro atoms. The Kier molecular flexibility index (Phi) is 16.6. The number of nitrogens with one attached hydrogen (secondary N) is 2. The van der Waals surface area contributed by atoms with Gasteiger partial charge in [0.05, 0.1) is 12.5 Å². The predicted octanol–water partition coefficient (Wildman–Crippen LogP) is 3.34. The molecular weight excluding hydrogens is 373 g/mol. The normalized spacial score (nSPS) is 10.8. The monoisotopic (exact) mass is 398 g/mol. The molecule has 1 amide bonds. The molecule has 0 saturated heterocycles. The Hall–Kier alpha value is -3.20. The van der Waals surface area contributed by atoms with Crippen molar-refractivity contribution in [1.29, 1.82) is 0 Å². The highest BCUT2D eigenvalue weighted by Crippen LogP contribution is 2.12. The van der Waals surface area contributed by atoms with Crippen LogP contribution in [0.5, 0.6) is 0 Å². The summed E-state index contributed by atoms with van der Waals surface area (Å²) in [6.07, 6.45) is 4.95. The highest BCUT2D eigenvalue weighted by Gasteiger charge is 2.16. The summed E-state index contributed by atoms with van der Waals surface area (Å²) >= 11 is 0. The molecule has 1 aromatic carbocycles. The molecule has 0 aliphatic rings. The maximum atomic E-state index is 13.3. The second-order valence-corrected chi connectivity index (χ2v) is 4.99. The Morgan fingerprint density at radius 3 is 2.21 bits per heavy atom. The fourth-order valence-electron chi connectivity index (χ4n) is 1.24. The van der Waals surface area contributed by atoms with Crippen LogP contribution in [0.2, 0.25) is 0 Å². The molecule has 0 aliphatic heterocycles. The van der Waals surface area contributed by atoms with Crippen LogP contribution in [0.1, 0.15) is 31.1 Å². The minimum Gasteiger partial charge on any atom is -0.327 e. The number of hydrogen-bond donors (Lipinski definition) is 3. The van der Waals surface area contributed by atoms with Crippen molar-refractivity contribution >= 4 is 18.4 Å². The van der Waals surface area contributed by atoms with Gasteiger partial charge in [-0.2, -0.15) is 5.10 Å². The van der Waals surface area contributed by atoms with Gasteiger partial charge in [-0.15, -0.1) is 6.58 Å². The van der Waals surface area contributed by atoms with Gasteiger partial charge < -0.3 is 11.1 Å². The summed E-state index contributed by atoms with van der Waals surface area (Å²) in [6, 6.07) is 3.15. The number of aldehydes is 1. The molecule has 0 unspecified atom stereocenters. The van der Waals surface area contributed by atoms with Crippen molar-refractivity contribution in [3.63, 3.8) is 0 Å². The van der Waals surface area contributed by atoms with E-state index in [9.17, 15) is 22.8 Å². The smallest absolute Gasteiger partial charge is 0.261 e. The van der Waals surface area contributed by atoms with Crippen molar-refractivity contribution in [3.05, 3.63) is 71.9 Å². The average Bonchev–Trinajstić information content (AvgIpc) is 2.65. The maximum absolute atomic E-state index is 13.3. The second-order valence-electron chi connectivity index (χ2n) is 4.99. The Bertz CT molecular complexity index is 697. The minimum absolute atomic E-state index is 0.274. The summed E-state index contributed by atoms with van der Waals surface area (Å²) in [5.41, 5.74) is 7.51. The van der Waals surface area contributed by atoms with Crippen molar-refractivity contribution in [1.82, 2.24) is 10.7 Å². The number of hydrazone groups is 1. The molecule has 0 radical (unpaired) electrons. The third-order valence-electron chi connectivity index (χ3n) is 2.50. The number of carbonyl (C=O) groups is 2.